The maximum Gasteiger partial charge on any atom is 0.320 e. The third kappa shape index (κ3) is 2.77. The maximum atomic E-state index is 11.6. The molecule has 3 nitrogen and oxygen atoms in total. The number of aryl methyl sites for hydroxylation is 1. The molecule has 1 aliphatic heterocycles. The van der Waals surface area contributed by atoms with Crippen molar-refractivity contribution < 1.29 is 9.90 Å². The van der Waals surface area contributed by atoms with Gasteiger partial charge in [0.2, 0.25) is 0 Å². The summed E-state index contributed by atoms with van der Waals surface area (Å²) in [6, 6.07) is 4.50. The zero-order chi connectivity index (χ0) is 14.1. The Hall–Kier alpha value is -0.870. The molecule has 1 aromatic rings. The molecule has 2 heterocycles. The zero-order valence-corrected chi connectivity index (χ0v) is 12.9. The number of piperidine rings is 1. The van der Waals surface area contributed by atoms with E-state index in [1.807, 2.05) is 0 Å². The van der Waals surface area contributed by atoms with Crippen LogP contribution < -0.4 is 0 Å². The van der Waals surface area contributed by atoms with Crippen LogP contribution in [0.4, 0.5) is 0 Å². The molecule has 0 aromatic carbocycles. The number of carboxylic acid groups (broad SMARTS) is 1. The summed E-state index contributed by atoms with van der Waals surface area (Å²) in [6.07, 6.45) is 6.97. The molecule has 1 aliphatic carbocycles. The second-order valence-corrected chi connectivity index (χ2v) is 7.60. The van der Waals surface area contributed by atoms with E-state index in [-0.39, 0.29) is 6.04 Å². The highest BCUT2D eigenvalue weighted by molar-refractivity contribution is 7.11. The molecule has 0 bridgehead atoms. The number of hydrogen-bond donors (Lipinski definition) is 1. The average molecular weight is 293 g/mol. The molecule has 2 aliphatic rings. The van der Waals surface area contributed by atoms with Crippen molar-refractivity contribution in [2.24, 2.45) is 5.92 Å². The molecule has 4 heteroatoms. The van der Waals surface area contributed by atoms with Crippen molar-refractivity contribution >= 4 is 17.3 Å². The highest BCUT2D eigenvalue weighted by atomic mass is 32.1. The Morgan fingerprint density at radius 3 is 2.80 bits per heavy atom. The number of carbonyl (C=O) groups is 1. The highest BCUT2D eigenvalue weighted by Crippen LogP contribution is 2.39. The molecule has 0 radical (unpaired) electrons. The van der Waals surface area contributed by atoms with Crippen LogP contribution in [0.3, 0.4) is 0 Å². The fourth-order valence-corrected chi connectivity index (χ4v) is 4.87. The molecule has 1 N–H and O–H groups in total. The van der Waals surface area contributed by atoms with Gasteiger partial charge in [0, 0.05) is 22.3 Å². The lowest BCUT2D eigenvalue weighted by Gasteiger charge is -2.47. The number of rotatable bonds is 3. The van der Waals surface area contributed by atoms with Crippen LogP contribution in [0.25, 0.3) is 0 Å². The van der Waals surface area contributed by atoms with Crippen molar-refractivity contribution in [1.82, 2.24) is 4.90 Å². The number of fused-ring (bicyclic) bond motifs is 1. The van der Waals surface area contributed by atoms with Crippen LogP contribution >= 0.6 is 11.3 Å². The topological polar surface area (TPSA) is 40.5 Å². The van der Waals surface area contributed by atoms with Gasteiger partial charge in [-0.25, -0.2) is 0 Å². The van der Waals surface area contributed by atoms with Crippen molar-refractivity contribution in [3.05, 3.63) is 21.9 Å². The molecule has 0 spiro atoms. The molecule has 2 fully saturated rings. The van der Waals surface area contributed by atoms with Gasteiger partial charge in [-0.3, -0.25) is 9.69 Å². The lowest BCUT2D eigenvalue weighted by molar-refractivity contribution is -0.148. The summed E-state index contributed by atoms with van der Waals surface area (Å²) in [5, 5.41) is 9.54. The van der Waals surface area contributed by atoms with Crippen LogP contribution in [0, 0.1) is 12.8 Å². The highest BCUT2D eigenvalue weighted by Gasteiger charge is 2.41. The van der Waals surface area contributed by atoms with Crippen molar-refractivity contribution in [2.45, 2.75) is 64.1 Å². The van der Waals surface area contributed by atoms with E-state index in [0.29, 0.717) is 6.04 Å². The van der Waals surface area contributed by atoms with Gasteiger partial charge in [0.15, 0.2) is 0 Å². The molecule has 3 rings (SSSR count). The van der Waals surface area contributed by atoms with Crippen molar-refractivity contribution in [3.8, 4) is 0 Å². The molecule has 1 saturated heterocycles. The number of carboxylic acids is 1. The normalized spacial score (nSPS) is 30.9. The fraction of sp³-hybridized carbons (Fsp3) is 0.688. The Morgan fingerprint density at radius 1 is 1.30 bits per heavy atom. The largest absolute Gasteiger partial charge is 0.480 e. The summed E-state index contributed by atoms with van der Waals surface area (Å²) in [5.74, 6) is 0.0858. The van der Waals surface area contributed by atoms with Crippen LogP contribution in [-0.4, -0.2) is 28.1 Å². The molecule has 1 saturated carbocycles. The molecule has 110 valence electrons. The summed E-state index contributed by atoms with van der Waals surface area (Å²) in [4.78, 5) is 16.5. The fourth-order valence-electron chi connectivity index (χ4n) is 3.97. The lowest BCUT2D eigenvalue weighted by atomic mass is 9.76. The quantitative estimate of drug-likeness (QED) is 0.924. The minimum absolute atomic E-state index is 0.281. The SMILES string of the molecule is Cc1ccc(CN2C(C(=O)O)CCC3CCCCC32)s1. The first-order valence-corrected chi connectivity index (χ1v) is 8.50. The van der Waals surface area contributed by atoms with Gasteiger partial charge in [-0.15, -0.1) is 11.3 Å². The Kier molecular flexibility index (Phi) is 4.13. The van der Waals surface area contributed by atoms with E-state index in [1.54, 1.807) is 11.3 Å². The van der Waals surface area contributed by atoms with Gasteiger partial charge in [0.05, 0.1) is 0 Å². The summed E-state index contributed by atoms with van der Waals surface area (Å²) in [7, 11) is 0. The summed E-state index contributed by atoms with van der Waals surface area (Å²) < 4.78 is 0. The Morgan fingerprint density at radius 2 is 2.10 bits per heavy atom. The summed E-state index contributed by atoms with van der Waals surface area (Å²) >= 11 is 1.80. The molecule has 1 aromatic heterocycles. The van der Waals surface area contributed by atoms with E-state index in [2.05, 4.69) is 24.0 Å². The molecule has 20 heavy (non-hydrogen) atoms. The van der Waals surface area contributed by atoms with Crippen LogP contribution in [0.5, 0.6) is 0 Å². The standard InChI is InChI=1S/C16H23NO2S/c1-11-6-8-13(20-11)10-17-14-5-3-2-4-12(14)7-9-15(17)16(18)19/h6,8,12,14-15H,2-5,7,9-10H2,1H3,(H,18,19). The van der Waals surface area contributed by atoms with E-state index in [4.69, 9.17) is 0 Å². The molecule has 3 unspecified atom stereocenters. The van der Waals surface area contributed by atoms with Gasteiger partial charge in [0.1, 0.15) is 6.04 Å². The maximum absolute atomic E-state index is 11.6. The van der Waals surface area contributed by atoms with E-state index in [1.165, 1.54) is 35.4 Å². The number of likely N-dealkylation sites (tertiary alicyclic amines) is 1. The number of aliphatic carboxylic acids is 1. The Balaban J connectivity index is 1.81. The monoisotopic (exact) mass is 293 g/mol. The number of hydrogen-bond acceptors (Lipinski definition) is 3. The Labute approximate surface area is 124 Å². The van der Waals surface area contributed by atoms with E-state index in [0.717, 1.165) is 25.3 Å². The van der Waals surface area contributed by atoms with Crippen molar-refractivity contribution in [1.29, 1.82) is 0 Å². The van der Waals surface area contributed by atoms with Crippen molar-refractivity contribution in [3.63, 3.8) is 0 Å². The van der Waals surface area contributed by atoms with Crippen molar-refractivity contribution in [2.75, 3.05) is 0 Å². The first-order valence-electron chi connectivity index (χ1n) is 7.69. The molecular weight excluding hydrogens is 270 g/mol. The first-order chi connectivity index (χ1) is 9.65. The van der Waals surface area contributed by atoms with Crippen LogP contribution in [0.2, 0.25) is 0 Å². The van der Waals surface area contributed by atoms with E-state index >= 15 is 0 Å². The minimum atomic E-state index is -0.637. The van der Waals surface area contributed by atoms with Gasteiger partial charge in [0.25, 0.3) is 0 Å². The molecule has 3 atom stereocenters. The van der Waals surface area contributed by atoms with Crippen LogP contribution in [0.15, 0.2) is 12.1 Å². The van der Waals surface area contributed by atoms with Gasteiger partial charge < -0.3 is 5.11 Å². The molecular formula is C16H23NO2S. The van der Waals surface area contributed by atoms with Gasteiger partial charge >= 0.3 is 5.97 Å². The van der Waals surface area contributed by atoms with Crippen LogP contribution in [-0.2, 0) is 11.3 Å². The molecule has 0 amide bonds. The third-order valence-corrected chi connectivity index (χ3v) is 5.91. The number of nitrogens with zero attached hydrogens (tertiary/aromatic N) is 1. The predicted molar refractivity (Wildman–Crippen MR) is 81.0 cm³/mol. The summed E-state index contributed by atoms with van der Waals surface area (Å²) in [5.41, 5.74) is 0. The van der Waals surface area contributed by atoms with Crippen LogP contribution in [0.1, 0.15) is 48.3 Å². The second-order valence-electron chi connectivity index (χ2n) is 6.23. The lowest BCUT2D eigenvalue weighted by Crippen LogP contribution is -2.54. The minimum Gasteiger partial charge on any atom is -0.480 e. The van der Waals surface area contributed by atoms with Gasteiger partial charge in [-0.05, 0) is 50.7 Å². The van der Waals surface area contributed by atoms with E-state index < -0.39 is 5.97 Å². The van der Waals surface area contributed by atoms with Gasteiger partial charge in [-0.1, -0.05) is 12.8 Å². The Bertz CT molecular complexity index is 485. The summed E-state index contributed by atoms with van der Waals surface area (Å²) in [6.45, 7) is 2.93. The smallest absolute Gasteiger partial charge is 0.320 e. The predicted octanol–water partition coefficient (Wildman–Crippen LogP) is 3.66. The average Bonchev–Trinajstić information content (AvgIpc) is 2.84. The third-order valence-electron chi connectivity index (χ3n) is 4.93. The van der Waals surface area contributed by atoms with E-state index in [9.17, 15) is 9.90 Å². The number of thiophene rings is 1. The first kappa shape index (κ1) is 14.1. The second kappa shape index (κ2) is 5.86. The van der Waals surface area contributed by atoms with Gasteiger partial charge in [-0.2, -0.15) is 0 Å². The zero-order valence-electron chi connectivity index (χ0n) is 12.0.